The Morgan fingerprint density at radius 1 is 0.969 bits per heavy atom. The minimum atomic E-state index is -0.520. The summed E-state index contributed by atoms with van der Waals surface area (Å²) in [6.45, 7) is 2.03. The topological polar surface area (TPSA) is 96.2 Å². The smallest absolute Gasteiger partial charge is 0.230 e. The average Bonchev–Trinajstić information content (AvgIpc) is 2.73. The molecule has 1 heterocycles. The fourth-order valence-electron chi connectivity index (χ4n) is 5.24. The molecule has 6 rings (SSSR count). The second-order valence-electron chi connectivity index (χ2n) is 9.28. The number of carbonyl (C=O) groups excluding carboxylic acids is 2. The summed E-state index contributed by atoms with van der Waals surface area (Å²) in [7, 11) is 0. The monoisotopic (exact) mass is 434 g/mol. The van der Waals surface area contributed by atoms with E-state index in [1.165, 1.54) is 6.07 Å². The van der Waals surface area contributed by atoms with Gasteiger partial charge in [-0.05, 0) is 73.7 Å². The van der Waals surface area contributed by atoms with E-state index in [9.17, 15) is 14.0 Å². The molecule has 1 aliphatic heterocycles. The molecule has 0 aromatic heterocycles. The maximum atomic E-state index is 14.6. The van der Waals surface area contributed by atoms with Gasteiger partial charge in [-0.25, -0.2) is 4.39 Å². The third-order valence-corrected chi connectivity index (χ3v) is 7.08. The first-order chi connectivity index (χ1) is 15.4. The van der Waals surface area contributed by atoms with Crippen LogP contribution in [0.3, 0.4) is 0 Å². The van der Waals surface area contributed by atoms with Crippen molar-refractivity contribution in [3.05, 3.63) is 65.5 Å². The summed E-state index contributed by atoms with van der Waals surface area (Å²) in [6, 6.07) is 12.3. The lowest BCUT2D eigenvalue weighted by Gasteiger charge is -2.67. The van der Waals surface area contributed by atoms with Crippen molar-refractivity contribution >= 4 is 28.8 Å². The van der Waals surface area contributed by atoms with Crippen molar-refractivity contribution in [1.82, 2.24) is 5.32 Å². The zero-order valence-electron chi connectivity index (χ0n) is 17.8. The fourth-order valence-corrected chi connectivity index (χ4v) is 5.24. The van der Waals surface area contributed by atoms with Gasteiger partial charge in [0.1, 0.15) is 5.82 Å². The van der Waals surface area contributed by atoms with Gasteiger partial charge in [0.15, 0.2) is 0 Å². The summed E-state index contributed by atoms with van der Waals surface area (Å²) in [6.07, 6.45) is 4.36. The summed E-state index contributed by atoms with van der Waals surface area (Å²) < 4.78 is 14.6. The van der Waals surface area contributed by atoms with Crippen LogP contribution in [0.1, 0.15) is 36.8 Å². The molecule has 2 bridgehead atoms. The molecule has 32 heavy (non-hydrogen) atoms. The zero-order valence-corrected chi connectivity index (χ0v) is 17.8. The lowest BCUT2D eigenvalue weighted by molar-refractivity contribution is -0.201. The van der Waals surface area contributed by atoms with Crippen molar-refractivity contribution in [2.45, 2.75) is 32.2 Å². The van der Waals surface area contributed by atoms with E-state index >= 15 is 0 Å². The van der Waals surface area contributed by atoms with Crippen LogP contribution in [0, 0.1) is 16.6 Å². The Balaban J connectivity index is 1.18. The lowest BCUT2D eigenvalue weighted by Crippen LogP contribution is -2.70. The standard InChI is InChI=1S/C25H27FN4O2/c26-21-11-19(5-6-20(21)17-7-9-28-10-8-17)30-23(32)25-13-24(14-25,15-25)22(31)29-18-3-1-16(12-27)2-4-18/h1-7,11,28H,8-10,12-15,27H2,(H,29,31)(H,30,32). The van der Waals surface area contributed by atoms with Crippen LogP contribution in [-0.2, 0) is 16.1 Å². The van der Waals surface area contributed by atoms with Gasteiger partial charge in [-0.1, -0.05) is 18.2 Å². The van der Waals surface area contributed by atoms with E-state index in [1.54, 1.807) is 12.1 Å². The minimum Gasteiger partial charge on any atom is -0.326 e. The lowest BCUT2D eigenvalue weighted by atomic mass is 9.34. The summed E-state index contributed by atoms with van der Waals surface area (Å²) in [5.74, 6) is -0.504. The molecular weight excluding hydrogens is 407 g/mol. The van der Waals surface area contributed by atoms with Crippen LogP contribution in [-0.4, -0.2) is 24.9 Å². The normalized spacial score (nSPS) is 25.8. The van der Waals surface area contributed by atoms with E-state index in [1.807, 2.05) is 30.3 Å². The molecule has 2 aromatic carbocycles. The molecule has 4 aliphatic rings. The second kappa shape index (κ2) is 7.83. The Morgan fingerprint density at radius 3 is 2.16 bits per heavy atom. The number of amides is 2. The van der Waals surface area contributed by atoms with E-state index in [0.717, 1.165) is 36.3 Å². The first-order valence-corrected chi connectivity index (χ1v) is 11.0. The molecule has 2 aromatic rings. The van der Waals surface area contributed by atoms with E-state index < -0.39 is 10.8 Å². The zero-order chi connectivity index (χ0) is 22.3. The Kier molecular flexibility index (Phi) is 5.10. The minimum absolute atomic E-state index is 0.0432. The van der Waals surface area contributed by atoms with Crippen LogP contribution < -0.4 is 21.7 Å². The molecule has 3 aliphatic carbocycles. The average molecular weight is 435 g/mol. The van der Waals surface area contributed by atoms with E-state index in [2.05, 4.69) is 16.0 Å². The van der Waals surface area contributed by atoms with Crippen LogP contribution in [0.2, 0.25) is 0 Å². The van der Waals surface area contributed by atoms with Crippen molar-refractivity contribution in [1.29, 1.82) is 0 Å². The molecule has 3 saturated carbocycles. The van der Waals surface area contributed by atoms with Gasteiger partial charge < -0.3 is 21.7 Å². The molecule has 6 nitrogen and oxygen atoms in total. The molecule has 0 saturated heterocycles. The molecule has 2 amide bonds. The van der Waals surface area contributed by atoms with Gasteiger partial charge in [0, 0.05) is 30.0 Å². The molecule has 3 fully saturated rings. The predicted molar refractivity (Wildman–Crippen MR) is 122 cm³/mol. The van der Waals surface area contributed by atoms with Gasteiger partial charge in [0.05, 0.1) is 10.8 Å². The highest BCUT2D eigenvalue weighted by Gasteiger charge is 2.74. The first-order valence-electron chi connectivity index (χ1n) is 11.0. The Labute approximate surface area is 186 Å². The maximum Gasteiger partial charge on any atom is 0.230 e. The van der Waals surface area contributed by atoms with Gasteiger partial charge >= 0.3 is 0 Å². The largest absolute Gasteiger partial charge is 0.326 e. The number of carbonyl (C=O) groups is 2. The van der Waals surface area contributed by atoms with Crippen LogP contribution in [0.15, 0.2) is 48.5 Å². The number of hydrogen-bond donors (Lipinski definition) is 4. The molecule has 0 unspecified atom stereocenters. The summed E-state index contributed by atoms with van der Waals surface area (Å²) in [5, 5.41) is 9.03. The van der Waals surface area contributed by atoms with Crippen LogP contribution in [0.5, 0.6) is 0 Å². The van der Waals surface area contributed by atoms with Gasteiger partial charge in [0.25, 0.3) is 0 Å². The first kappa shape index (κ1) is 20.8. The number of nitrogens with two attached hydrogens (primary N) is 1. The third-order valence-electron chi connectivity index (χ3n) is 7.08. The molecule has 0 radical (unpaired) electrons. The number of rotatable bonds is 6. The van der Waals surface area contributed by atoms with E-state index in [4.69, 9.17) is 5.73 Å². The Bertz CT molecular complexity index is 1090. The van der Waals surface area contributed by atoms with E-state index in [0.29, 0.717) is 37.1 Å². The summed E-state index contributed by atoms with van der Waals surface area (Å²) in [4.78, 5) is 25.6. The SMILES string of the molecule is NCc1ccc(NC(=O)C23CC(C(=O)Nc4ccc(C5=CCNCC5)c(F)c4)(C2)C3)cc1. The highest BCUT2D eigenvalue weighted by Crippen LogP contribution is 2.73. The van der Waals surface area contributed by atoms with Gasteiger partial charge in [-0.3, -0.25) is 9.59 Å². The summed E-state index contributed by atoms with van der Waals surface area (Å²) in [5.41, 5.74) is 8.38. The molecule has 166 valence electrons. The van der Waals surface area contributed by atoms with Crippen LogP contribution in [0.25, 0.3) is 5.57 Å². The Morgan fingerprint density at radius 2 is 1.59 bits per heavy atom. The third kappa shape index (κ3) is 3.51. The second-order valence-corrected chi connectivity index (χ2v) is 9.28. The van der Waals surface area contributed by atoms with Crippen molar-refractivity contribution in [2.75, 3.05) is 23.7 Å². The summed E-state index contributed by atoms with van der Waals surface area (Å²) >= 11 is 0. The molecule has 5 N–H and O–H groups in total. The predicted octanol–water partition coefficient (Wildman–Crippen LogP) is 3.41. The van der Waals surface area contributed by atoms with Crippen molar-refractivity contribution in [3.63, 3.8) is 0 Å². The van der Waals surface area contributed by atoms with E-state index in [-0.39, 0.29) is 17.6 Å². The number of nitrogens with one attached hydrogen (secondary N) is 3. The van der Waals surface area contributed by atoms with Crippen molar-refractivity contribution < 1.29 is 14.0 Å². The number of hydrogen-bond acceptors (Lipinski definition) is 4. The number of benzene rings is 2. The molecule has 0 spiro atoms. The highest BCUT2D eigenvalue weighted by molar-refractivity contribution is 6.05. The van der Waals surface area contributed by atoms with Gasteiger partial charge in [-0.2, -0.15) is 0 Å². The van der Waals surface area contributed by atoms with Crippen molar-refractivity contribution in [2.24, 2.45) is 16.6 Å². The van der Waals surface area contributed by atoms with Crippen molar-refractivity contribution in [3.8, 4) is 0 Å². The highest BCUT2D eigenvalue weighted by atomic mass is 19.1. The molecule has 0 atom stereocenters. The molecule has 7 heteroatoms. The van der Waals surface area contributed by atoms with Crippen LogP contribution >= 0.6 is 0 Å². The quantitative estimate of drug-likeness (QED) is 0.560. The van der Waals surface area contributed by atoms with Gasteiger partial charge in [0.2, 0.25) is 11.8 Å². The number of halogens is 1. The molecular formula is C25H27FN4O2. The maximum absolute atomic E-state index is 14.6. The number of anilines is 2. The Hall–Kier alpha value is -3.03. The van der Waals surface area contributed by atoms with Gasteiger partial charge in [-0.15, -0.1) is 0 Å². The van der Waals surface area contributed by atoms with Crippen LogP contribution in [0.4, 0.5) is 15.8 Å². The fraction of sp³-hybridized carbons (Fsp3) is 0.360.